The van der Waals surface area contributed by atoms with Crippen molar-refractivity contribution in [2.75, 3.05) is 13.2 Å². The molecule has 1 rings (SSSR count). The van der Waals surface area contributed by atoms with Crippen LogP contribution in [-0.4, -0.2) is 87.5 Å². The molecule has 0 spiro atoms. The second-order valence-electron chi connectivity index (χ2n) is 20.4. The summed E-state index contributed by atoms with van der Waals surface area (Å²) in [6.07, 6.45) is 58.9. The number of amides is 1. The van der Waals surface area contributed by atoms with E-state index in [4.69, 9.17) is 9.47 Å². The highest BCUT2D eigenvalue weighted by Gasteiger charge is 2.44. The number of rotatable bonds is 50. The summed E-state index contributed by atoms with van der Waals surface area (Å²) in [6.45, 7) is 3.78. The number of ether oxygens (including phenoxy) is 2. The average Bonchev–Trinajstić information content (AvgIpc) is 3.35. The predicted octanol–water partition coefficient (Wildman–Crippen LogP) is 14.5. The van der Waals surface area contributed by atoms with Gasteiger partial charge in [0.15, 0.2) is 6.29 Å². The largest absolute Gasteiger partial charge is 0.394 e. The van der Waals surface area contributed by atoms with Crippen molar-refractivity contribution in [1.29, 1.82) is 0 Å². The van der Waals surface area contributed by atoms with Gasteiger partial charge in [-0.25, -0.2) is 0 Å². The van der Waals surface area contributed by atoms with Crippen LogP contribution in [0.3, 0.4) is 0 Å². The summed E-state index contributed by atoms with van der Waals surface area (Å²) in [7, 11) is 0. The molecule has 9 nitrogen and oxygen atoms in total. The van der Waals surface area contributed by atoms with Crippen molar-refractivity contribution in [2.45, 2.75) is 314 Å². The third-order valence-corrected chi connectivity index (χ3v) is 13.9. The minimum Gasteiger partial charge on any atom is -0.394 e. The fourth-order valence-electron chi connectivity index (χ4n) is 9.20. The van der Waals surface area contributed by atoms with Crippen molar-refractivity contribution in [3.05, 3.63) is 48.6 Å². The Morgan fingerprint density at radius 1 is 0.493 bits per heavy atom. The van der Waals surface area contributed by atoms with Gasteiger partial charge in [-0.3, -0.25) is 4.79 Å². The molecule has 0 saturated carbocycles. The Labute approximate surface area is 424 Å². The molecule has 6 N–H and O–H groups in total. The number of carbonyl (C=O) groups is 1. The molecule has 0 aromatic rings. The van der Waals surface area contributed by atoms with E-state index < -0.39 is 49.5 Å². The molecule has 7 atom stereocenters. The first-order valence-electron chi connectivity index (χ1n) is 29.4. The molecule has 1 amide bonds. The molecule has 1 aliphatic rings. The molecule has 69 heavy (non-hydrogen) atoms. The standard InChI is InChI=1S/C60H111NO8/c1-3-5-7-9-11-13-15-17-19-21-23-24-25-26-27-28-29-30-32-34-36-38-40-42-44-46-48-50-56(64)61-53(52-68-60-59(67)58(66)57(65)55(51-62)69-60)54(63)49-47-45-43-41-39-37-35-33-31-22-20-18-16-14-12-10-8-6-4-2/h23-24,26-27,39,41,47,49,53-55,57-60,62-63,65-67H,3-22,25,28-38,40,42-46,48,50-52H2,1-2H3,(H,61,64)/b24-23-,27-26-,41-39+,49-47+. The Balaban J connectivity index is 2.23. The van der Waals surface area contributed by atoms with E-state index in [2.05, 4.69) is 55.6 Å². The maximum atomic E-state index is 13.1. The highest BCUT2D eigenvalue weighted by atomic mass is 16.7. The zero-order valence-corrected chi connectivity index (χ0v) is 44.8. The molecule has 0 aromatic heterocycles. The molecule has 9 heteroatoms. The van der Waals surface area contributed by atoms with Crippen LogP contribution in [0.15, 0.2) is 48.6 Å². The van der Waals surface area contributed by atoms with Gasteiger partial charge in [0.25, 0.3) is 0 Å². The van der Waals surface area contributed by atoms with E-state index in [-0.39, 0.29) is 12.5 Å². The smallest absolute Gasteiger partial charge is 0.220 e. The highest BCUT2D eigenvalue weighted by molar-refractivity contribution is 5.76. The number of nitrogens with one attached hydrogen (secondary N) is 1. The van der Waals surface area contributed by atoms with Gasteiger partial charge in [0.1, 0.15) is 24.4 Å². The Hall–Kier alpha value is -1.85. The van der Waals surface area contributed by atoms with Crippen molar-refractivity contribution in [2.24, 2.45) is 0 Å². The Kier molecular flexibility index (Phi) is 47.0. The van der Waals surface area contributed by atoms with Crippen LogP contribution in [-0.2, 0) is 14.3 Å². The van der Waals surface area contributed by atoms with Crippen LogP contribution < -0.4 is 5.32 Å². The maximum absolute atomic E-state index is 13.1. The van der Waals surface area contributed by atoms with Crippen molar-refractivity contribution in [1.82, 2.24) is 5.32 Å². The Morgan fingerprint density at radius 2 is 0.870 bits per heavy atom. The van der Waals surface area contributed by atoms with Crippen LogP contribution in [0.2, 0.25) is 0 Å². The zero-order chi connectivity index (χ0) is 50.1. The summed E-state index contributed by atoms with van der Waals surface area (Å²) in [5, 5.41) is 54.5. The number of hydrogen-bond acceptors (Lipinski definition) is 8. The van der Waals surface area contributed by atoms with Gasteiger partial charge in [-0.05, 0) is 64.2 Å². The van der Waals surface area contributed by atoms with Crippen LogP contribution in [0, 0.1) is 0 Å². The van der Waals surface area contributed by atoms with Gasteiger partial charge in [0.2, 0.25) is 5.91 Å². The summed E-state index contributed by atoms with van der Waals surface area (Å²) >= 11 is 0. The fraction of sp³-hybridized carbons (Fsp3) is 0.850. The normalized spacial score (nSPS) is 19.8. The van der Waals surface area contributed by atoms with Crippen molar-refractivity contribution in [3.63, 3.8) is 0 Å². The number of allylic oxidation sites excluding steroid dienone is 7. The molecule has 404 valence electrons. The molecule has 1 heterocycles. The molecular weight excluding hydrogens is 863 g/mol. The van der Waals surface area contributed by atoms with Crippen molar-refractivity contribution < 1.29 is 39.8 Å². The van der Waals surface area contributed by atoms with Crippen LogP contribution in [0.5, 0.6) is 0 Å². The Bertz CT molecular complexity index is 1220. The van der Waals surface area contributed by atoms with Gasteiger partial charge in [-0.15, -0.1) is 0 Å². The topological polar surface area (TPSA) is 149 Å². The first-order chi connectivity index (χ1) is 33.8. The fourth-order valence-corrected chi connectivity index (χ4v) is 9.20. The number of carbonyl (C=O) groups excluding carboxylic acids is 1. The molecule has 0 aromatic carbocycles. The van der Waals surface area contributed by atoms with Gasteiger partial charge < -0.3 is 40.3 Å². The second kappa shape index (κ2) is 49.7. The van der Waals surface area contributed by atoms with E-state index >= 15 is 0 Å². The predicted molar refractivity (Wildman–Crippen MR) is 290 cm³/mol. The van der Waals surface area contributed by atoms with Crippen molar-refractivity contribution in [3.8, 4) is 0 Å². The van der Waals surface area contributed by atoms with Crippen LogP contribution in [0.1, 0.15) is 271 Å². The van der Waals surface area contributed by atoms with Crippen LogP contribution in [0.25, 0.3) is 0 Å². The first kappa shape index (κ1) is 65.2. The van der Waals surface area contributed by atoms with Crippen LogP contribution >= 0.6 is 0 Å². The van der Waals surface area contributed by atoms with E-state index in [1.165, 1.54) is 205 Å². The molecular formula is C60H111NO8. The molecule has 0 aliphatic carbocycles. The lowest BCUT2D eigenvalue weighted by atomic mass is 9.99. The minimum atomic E-state index is -1.57. The lowest BCUT2D eigenvalue weighted by Crippen LogP contribution is -2.60. The van der Waals surface area contributed by atoms with E-state index in [0.29, 0.717) is 6.42 Å². The molecule has 0 radical (unpaired) electrons. The number of aliphatic hydroxyl groups excluding tert-OH is 5. The molecule has 7 unspecified atom stereocenters. The SMILES string of the molecule is CCCCCCCCCCC/C=C\C/C=C\CCCCCCCCCCCCCC(=O)NC(COC1OC(CO)C(O)C(O)C1O)C(O)/C=C/CC/C=C/CCCCCCCCCCCCCCC. The third kappa shape index (κ3) is 39.4. The monoisotopic (exact) mass is 974 g/mol. The highest BCUT2D eigenvalue weighted by Crippen LogP contribution is 2.23. The van der Waals surface area contributed by atoms with Gasteiger partial charge in [0.05, 0.1) is 25.4 Å². The lowest BCUT2D eigenvalue weighted by Gasteiger charge is -2.40. The van der Waals surface area contributed by atoms with E-state index in [1.807, 2.05) is 6.08 Å². The lowest BCUT2D eigenvalue weighted by molar-refractivity contribution is -0.302. The summed E-state index contributed by atoms with van der Waals surface area (Å²) in [5.41, 5.74) is 0. The molecule has 1 saturated heterocycles. The maximum Gasteiger partial charge on any atom is 0.220 e. The summed E-state index contributed by atoms with van der Waals surface area (Å²) in [6, 6.07) is -0.824. The van der Waals surface area contributed by atoms with Gasteiger partial charge in [0, 0.05) is 6.42 Å². The second-order valence-corrected chi connectivity index (χ2v) is 20.4. The van der Waals surface area contributed by atoms with E-state index in [0.717, 1.165) is 44.9 Å². The number of hydrogen-bond donors (Lipinski definition) is 6. The van der Waals surface area contributed by atoms with Gasteiger partial charge in [-0.2, -0.15) is 0 Å². The Morgan fingerprint density at radius 3 is 1.30 bits per heavy atom. The minimum absolute atomic E-state index is 0.187. The van der Waals surface area contributed by atoms with E-state index in [9.17, 15) is 30.3 Å². The molecule has 1 fully saturated rings. The van der Waals surface area contributed by atoms with Crippen molar-refractivity contribution >= 4 is 5.91 Å². The van der Waals surface area contributed by atoms with Gasteiger partial charge in [-0.1, -0.05) is 249 Å². The van der Waals surface area contributed by atoms with Gasteiger partial charge >= 0.3 is 0 Å². The summed E-state index contributed by atoms with van der Waals surface area (Å²) < 4.78 is 11.3. The molecule has 1 aliphatic heterocycles. The van der Waals surface area contributed by atoms with E-state index in [1.54, 1.807) is 6.08 Å². The zero-order valence-electron chi connectivity index (χ0n) is 44.8. The average molecular weight is 975 g/mol. The number of unbranched alkanes of at least 4 members (excludes halogenated alkanes) is 34. The summed E-state index contributed by atoms with van der Waals surface area (Å²) in [4.78, 5) is 13.1. The summed E-state index contributed by atoms with van der Waals surface area (Å²) in [5.74, 6) is -0.187. The van der Waals surface area contributed by atoms with Crippen LogP contribution in [0.4, 0.5) is 0 Å². The molecule has 0 bridgehead atoms. The number of aliphatic hydroxyl groups is 5. The first-order valence-corrected chi connectivity index (χ1v) is 29.4. The third-order valence-electron chi connectivity index (χ3n) is 13.9. The quantitative estimate of drug-likeness (QED) is 0.0261.